The van der Waals surface area contributed by atoms with Crippen molar-refractivity contribution in [1.82, 2.24) is 4.90 Å². The highest BCUT2D eigenvalue weighted by Crippen LogP contribution is 2.40. The molecule has 1 aromatic rings. The zero-order valence-corrected chi connectivity index (χ0v) is 13.0. The Morgan fingerprint density at radius 3 is 2.58 bits per heavy atom. The average molecular weight is 281 g/mol. The number of nitrogens with two attached hydrogens (primary N) is 1. The second kappa shape index (κ2) is 5.82. The van der Waals surface area contributed by atoms with Gasteiger partial charge in [-0.1, -0.05) is 36.7 Å². The topological polar surface area (TPSA) is 29.3 Å². The van der Waals surface area contributed by atoms with E-state index in [4.69, 9.17) is 17.3 Å². The SMILES string of the molecule is CCC(N)C(c1ccccc1Cl)N1CCCC1(C)C. The molecule has 1 heterocycles. The van der Waals surface area contributed by atoms with Crippen molar-refractivity contribution >= 4 is 11.6 Å². The Hall–Kier alpha value is -0.570. The lowest BCUT2D eigenvalue weighted by Crippen LogP contribution is -2.47. The van der Waals surface area contributed by atoms with Gasteiger partial charge in [-0.2, -0.15) is 0 Å². The monoisotopic (exact) mass is 280 g/mol. The number of benzene rings is 1. The van der Waals surface area contributed by atoms with Crippen molar-refractivity contribution in [2.75, 3.05) is 6.54 Å². The normalized spacial score (nSPS) is 22.4. The molecule has 0 aliphatic carbocycles. The largest absolute Gasteiger partial charge is 0.326 e. The summed E-state index contributed by atoms with van der Waals surface area (Å²) in [6, 6.07) is 8.47. The van der Waals surface area contributed by atoms with Crippen molar-refractivity contribution in [3.05, 3.63) is 34.9 Å². The van der Waals surface area contributed by atoms with E-state index in [1.54, 1.807) is 0 Å². The molecule has 0 amide bonds. The molecule has 0 radical (unpaired) electrons. The Balaban J connectivity index is 2.40. The molecule has 19 heavy (non-hydrogen) atoms. The van der Waals surface area contributed by atoms with Gasteiger partial charge in [-0.3, -0.25) is 4.90 Å². The van der Waals surface area contributed by atoms with Crippen molar-refractivity contribution in [2.24, 2.45) is 5.73 Å². The van der Waals surface area contributed by atoms with E-state index in [2.05, 4.69) is 37.8 Å². The van der Waals surface area contributed by atoms with Crippen LogP contribution in [0, 0.1) is 0 Å². The van der Waals surface area contributed by atoms with Crippen molar-refractivity contribution in [3.63, 3.8) is 0 Å². The highest BCUT2D eigenvalue weighted by molar-refractivity contribution is 6.31. The molecule has 0 spiro atoms. The zero-order valence-electron chi connectivity index (χ0n) is 12.2. The van der Waals surface area contributed by atoms with Gasteiger partial charge in [0.05, 0.1) is 6.04 Å². The number of rotatable bonds is 4. The third-order valence-electron chi connectivity index (χ3n) is 4.40. The maximum atomic E-state index is 6.42. The summed E-state index contributed by atoms with van der Waals surface area (Å²) in [5.41, 5.74) is 7.80. The van der Waals surface area contributed by atoms with E-state index >= 15 is 0 Å². The lowest BCUT2D eigenvalue weighted by molar-refractivity contribution is 0.0965. The summed E-state index contributed by atoms with van der Waals surface area (Å²) in [5, 5.41) is 0.833. The number of nitrogens with zero attached hydrogens (tertiary/aromatic N) is 1. The number of hydrogen-bond acceptors (Lipinski definition) is 2. The van der Waals surface area contributed by atoms with E-state index in [1.807, 2.05) is 12.1 Å². The molecule has 106 valence electrons. The highest BCUT2D eigenvalue weighted by atomic mass is 35.5. The highest BCUT2D eigenvalue weighted by Gasteiger charge is 2.39. The smallest absolute Gasteiger partial charge is 0.0519 e. The van der Waals surface area contributed by atoms with E-state index < -0.39 is 0 Å². The maximum Gasteiger partial charge on any atom is 0.0519 e. The predicted molar refractivity (Wildman–Crippen MR) is 82.5 cm³/mol. The quantitative estimate of drug-likeness (QED) is 0.903. The first-order chi connectivity index (χ1) is 8.97. The molecule has 1 saturated heterocycles. The van der Waals surface area contributed by atoms with Gasteiger partial charge in [-0.15, -0.1) is 0 Å². The van der Waals surface area contributed by atoms with Gasteiger partial charge in [-0.25, -0.2) is 0 Å². The first-order valence-electron chi connectivity index (χ1n) is 7.24. The van der Waals surface area contributed by atoms with Gasteiger partial charge < -0.3 is 5.73 Å². The van der Waals surface area contributed by atoms with Crippen molar-refractivity contribution in [2.45, 2.75) is 57.7 Å². The van der Waals surface area contributed by atoms with Crippen LogP contribution in [0.4, 0.5) is 0 Å². The summed E-state index contributed by atoms with van der Waals surface area (Å²) in [6.45, 7) is 7.88. The van der Waals surface area contributed by atoms with Crippen LogP contribution in [0.25, 0.3) is 0 Å². The van der Waals surface area contributed by atoms with Crippen molar-refractivity contribution in [3.8, 4) is 0 Å². The second-order valence-electron chi connectivity index (χ2n) is 6.15. The Morgan fingerprint density at radius 2 is 2.05 bits per heavy atom. The third-order valence-corrected chi connectivity index (χ3v) is 4.75. The van der Waals surface area contributed by atoms with Crippen molar-refractivity contribution < 1.29 is 0 Å². The summed E-state index contributed by atoms with van der Waals surface area (Å²) >= 11 is 6.41. The van der Waals surface area contributed by atoms with Crippen LogP contribution in [0.3, 0.4) is 0 Å². The van der Waals surface area contributed by atoms with E-state index in [0.717, 1.165) is 18.0 Å². The summed E-state index contributed by atoms with van der Waals surface area (Å²) in [7, 11) is 0. The van der Waals surface area contributed by atoms with Crippen LogP contribution >= 0.6 is 11.6 Å². The molecule has 2 atom stereocenters. The van der Waals surface area contributed by atoms with E-state index in [-0.39, 0.29) is 17.6 Å². The van der Waals surface area contributed by atoms with Gasteiger partial charge in [0, 0.05) is 16.6 Å². The molecule has 2 nitrogen and oxygen atoms in total. The maximum absolute atomic E-state index is 6.42. The Kier molecular flexibility index (Phi) is 4.54. The fourth-order valence-corrected chi connectivity index (χ4v) is 3.46. The molecule has 2 N–H and O–H groups in total. The van der Waals surface area contributed by atoms with Crippen LogP contribution in [0.2, 0.25) is 5.02 Å². The molecule has 2 rings (SSSR count). The Morgan fingerprint density at radius 1 is 1.37 bits per heavy atom. The van der Waals surface area contributed by atoms with Gasteiger partial charge in [0.1, 0.15) is 0 Å². The molecule has 1 aliphatic rings. The standard InChI is InChI=1S/C16H25ClN2/c1-4-14(18)15(12-8-5-6-9-13(12)17)19-11-7-10-16(19,2)3/h5-6,8-9,14-15H,4,7,10-11,18H2,1-3H3. The fraction of sp³-hybridized carbons (Fsp3) is 0.625. The van der Waals surface area contributed by atoms with Gasteiger partial charge in [0.15, 0.2) is 0 Å². The van der Waals surface area contributed by atoms with Gasteiger partial charge in [-0.05, 0) is 51.3 Å². The molecular weight excluding hydrogens is 256 g/mol. The lowest BCUT2D eigenvalue weighted by Gasteiger charge is -2.41. The van der Waals surface area contributed by atoms with Crippen LogP contribution in [0.5, 0.6) is 0 Å². The minimum Gasteiger partial charge on any atom is -0.326 e. The summed E-state index contributed by atoms with van der Waals surface area (Å²) in [6.07, 6.45) is 3.43. The lowest BCUT2D eigenvalue weighted by atomic mass is 9.92. The first kappa shape index (κ1) is 14.8. The molecule has 0 aromatic heterocycles. The molecule has 3 heteroatoms. The fourth-order valence-electron chi connectivity index (χ4n) is 3.21. The minimum absolute atomic E-state index is 0.122. The van der Waals surface area contributed by atoms with Crippen LogP contribution in [-0.4, -0.2) is 23.0 Å². The van der Waals surface area contributed by atoms with E-state index in [0.29, 0.717) is 0 Å². The number of hydrogen-bond donors (Lipinski definition) is 1. The Bertz CT molecular complexity index is 431. The number of halogens is 1. The summed E-state index contributed by atoms with van der Waals surface area (Å²) in [5.74, 6) is 0. The van der Waals surface area contributed by atoms with E-state index in [9.17, 15) is 0 Å². The summed E-state index contributed by atoms with van der Waals surface area (Å²) in [4.78, 5) is 2.54. The predicted octanol–water partition coefficient (Wildman–Crippen LogP) is 3.99. The van der Waals surface area contributed by atoms with Gasteiger partial charge >= 0.3 is 0 Å². The average Bonchev–Trinajstić information content (AvgIpc) is 2.72. The van der Waals surface area contributed by atoms with Crippen LogP contribution < -0.4 is 5.73 Å². The van der Waals surface area contributed by atoms with E-state index in [1.165, 1.54) is 18.4 Å². The molecule has 1 aliphatic heterocycles. The van der Waals surface area contributed by atoms with Crippen LogP contribution in [-0.2, 0) is 0 Å². The Labute approximate surface area is 121 Å². The molecule has 2 unspecified atom stereocenters. The minimum atomic E-state index is 0.122. The summed E-state index contributed by atoms with van der Waals surface area (Å²) < 4.78 is 0. The second-order valence-corrected chi connectivity index (χ2v) is 6.56. The van der Waals surface area contributed by atoms with Crippen molar-refractivity contribution in [1.29, 1.82) is 0 Å². The van der Waals surface area contributed by atoms with Gasteiger partial charge in [0.25, 0.3) is 0 Å². The molecular formula is C16H25ClN2. The molecule has 0 bridgehead atoms. The van der Waals surface area contributed by atoms with Gasteiger partial charge in [0.2, 0.25) is 0 Å². The van der Waals surface area contributed by atoms with Crippen LogP contribution in [0.15, 0.2) is 24.3 Å². The number of likely N-dealkylation sites (tertiary alicyclic amines) is 1. The molecule has 1 aromatic carbocycles. The third kappa shape index (κ3) is 2.96. The molecule has 0 saturated carbocycles. The zero-order chi connectivity index (χ0) is 14.0. The first-order valence-corrected chi connectivity index (χ1v) is 7.62. The van der Waals surface area contributed by atoms with Crippen LogP contribution in [0.1, 0.15) is 51.6 Å². The molecule has 1 fully saturated rings.